The van der Waals surface area contributed by atoms with Gasteiger partial charge in [-0.05, 0) is 50.5 Å². The van der Waals surface area contributed by atoms with Crippen LogP contribution in [-0.2, 0) is 26.0 Å². The number of carbonyl (C=O) groups excluding carboxylic acids is 1. The zero-order valence-electron chi connectivity index (χ0n) is 17.1. The molecule has 1 atom stereocenters. The first-order chi connectivity index (χ1) is 14.3. The van der Waals surface area contributed by atoms with Crippen LogP contribution in [0.5, 0.6) is 0 Å². The highest BCUT2D eigenvalue weighted by atomic mass is 32.2. The largest absolute Gasteiger partial charge is 0.461 e. The van der Waals surface area contributed by atoms with Crippen molar-refractivity contribution < 1.29 is 17.9 Å². The highest BCUT2D eigenvalue weighted by Crippen LogP contribution is 2.25. The lowest BCUT2D eigenvalue weighted by Gasteiger charge is -2.23. The standard InChI is InChI=1S/C21H24N4O4S/c1-13(21(26)29-16-6-7-16)25(3)30(27,28)17-8-4-15(5-9-17)12-19-20-18(10-11-22-19)23-14(2)24-20/h4-5,8-11,13,16H,6-7,12H2,1-3H3,(H,23,24)/t13-/m0/s1. The minimum absolute atomic E-state index is 0.0632. The molecule has 1 aliphatic rings. The number of sulfonamides is 1. The zero-order valence-corrected chi connectivity index (χ0v) is 17.9. The number of nitrogens with zero attached hydrogens (tertiary/aromatic N) is 3. The number of pyridine rings is 1. The van der Waals surface area contributed by atoms with Crippen LogP contribution in [0.15, 0.2) is 41.4 Å². The summed E-state index contributed by atoms with van der Waals surface area (Å²) in [7, 11) is -2.42. The van der Waals surface area contributed by atoms with E-state index in [0.29, 0.717) is 6.42 Å². The highest BCUT2D eigenvalue weighted by molar-refractivity contribution is 7.89. The molecule has 3 aromatic rings. The maximum Gasteiger partial charge on any atom is 0.324 e. The predicted molar refractivity (Wildman–Crippen MR) is 111 cm³/mol. The second kappa shape index (κ2) is 7.81. The van der Waals surface area contributed by atoms with Crippen LogP contribution >= 0.6 is 0 Å². The van der Waals surface area contributed by atoms with Gasteiger partial charge in [0.2, 0.25) is 10.0 Å². The van der Waals surface area contributed by atoms with Crippen LogP contribution in [-0.4, -0.2) is 52.8 Å². The molecule has 1 N–H and O–H groups in total. The normalized spacial score (nSPS) is 15.5. The first-order valence-electron chi connectivity index (χ1n) is 9.83. The molecule has 1 aromatic carbocycles. The lowest BCUT2D eigenvalue weighted by Crippen LogP contribution is -2.41. The molecule has 1 fully saturated rings. The fourth-order valence-electron chi connectivity index (χ4n) is 3.19. The molecule has 0 unspecified atom stereocenters. The fraction of sp³-hybridized carbons (Fsp3) is 0.381. The summed E-state index contributed by atoms with van der Waals surface area (Å²) in [5.74, 6) is 0.298. The van der Waals surface area contributed by atoms with E-state index in [1.807, 2.05) is 13.0 Å². The molecule has 0 amide bonds. The predicted octanol–water partition coefficient (Wildman–Crippen LogP) is 2.57. The summed E-state index contributed by atoms with van der Waals surface area (Å²) in [6.07, 6.45) is 3.88. The van der Waals surface area contributed by atoms with Crippen LogP contribution in [0.3, 0.4) is 0 Å². The van der Waals surface area contributed by atoms with E-state index in [4.69, 9.17) is 4.74 Å². The van der Waals surface area contributed by atoms with Crippen molar-refractivity contribution in [2.75, 3.05) is 7.05 Å². The van der Waals surface area contributed by atoms with Crippen molar-refractivity contribution in [2.45, 2.75) is 50.2 Å². The number of hydrogen-bond acceptors (Lipinski definition) is 6. The van der Waals surface area contributed by atoms with Crippen LogP contribution in [0.2, 0.25) is 0 Å². The second-order valence-electron chi connectivity index (χ2n) is 7.63. The lowest BCUT2D eigenvalue weighted by molar-refractivity contribution is -0.148. The third-order valence-corrected chi connectivity index (χ3v) is 7.20. The van der Waals surface area contributed by atoms with Crippen molar-refractivity contribution in [2.24, 2.45) is 0 Å². The Balaban J connectivity index is 1.51. The van der Waals surface area contributed by atoms with E-state index in [1.165, 1.54) is 14.0 Å². The van der Waals surface area contributed by atoms with Gasteiger partial charge >= 0.3 is 5.97 Å². The Bertz CT molecular complexity index is 1180. The topological polar surface area (TPSA) is 105 Å². The molecule has 1 aliphatic carbocycles. The molecule has 1 saturated carbocycles. The third-order valence-electron chi connectivity index (χ3n) is 5.26. The van der Waals surface area contributed by atoms with Gasteiger partial charge in [0, 0.05) is 19.7 Å². The van der Waals surface area contributed by atoms with E-state index in [-0.39, 0.29) is 11.0 Å². The smallest absolute Gasteiger partial charge is 0.324 e. The van der Waals surface area contributed by atoms with Gasteiger partial charge in [0.15, 0.2) is 0 Å². The Kier molecular flexibility index (Phi) is 5.33. The number of benzene rings is 1. The maximum atomic E-state index is 12.9. The lowest BCUT2D eigenvalue weighted by atomic mass is 10.1. The first-order valence-corrected chi connectivity index (χ1v) is 11.3. The number of aryl methyl sites for hydroxylation is 1. The number of hydrogen-bond donors (Lipinski definition) is 1. The highest BCUT2D eigenvalue weighted by Gasteiger charge is 2.34. The average molecular weight is 429 g/mol. The number of carbonyl (C=O) groups is 1. The fourth-order valence-corrected chi connectivity index (χ4v) is 4.50. The van der Waals surface area contributed by atoms with Crippen LogP contribution in [0.1, 0.15) is 36.8 Å². The summed E-state index contributed by atoms with van der Waals surface area (Å²) in [5.41, 5.74) is 3.47. The number of fused-ring (bicyclic) bond motifs is 1. The van der Waals surface area contributed by atoms with Crippen molar-refractivity contribution in [1.29, 1.82) is 0 Å². The Morgan fingerprint density at radius 2 is 1.97 bits per heavy atom. The number of imidazole rings is 1. The Morgan fingerprint density at radius 1 is 1.27 bits per heavy atom. The number of esters is 1. The van der Waals surface area contributed by atoms with Crippen LogP contribution < -0.4 is 0 Å². The van der Waals surface area contributed by atoms with E-state index in [9.17, 15) is 13.2 Å². The van der Waals surface area contributed by atoms with E-state index >= 15 is 0 Å². The first kappa shape index (κ1) is 20.5. The molecule has 0 aliphatic heterocycles. The van der Waals surface area contributed by atoms with Crippen molar-refractivity contribution in [3.8, 4) is 0 Å². The van der Waals surface area contributed by atoms with E-state index in [2.05, 4.69) is 15.0 Å². The number of aromatic amines is 1. The van der Waals surface area contributed by atoms with Crippen molar-refractivity contribution in [3.63, 3.8) is 0 Å². The van der Waals surface area contributed by atoms with Crippen LogP contribution in [0.4, 0.5) is 0 Å². The van der Waals surface area contributed by atoms with Gasteiger partial charge in [-0.1, -0.05) is 12.1 Å². The molecule has 2 heterocycles. The number of aromatic nitrogens is 3. The summed E-state index contributed by atoms with van der Waals surface area (Å²) in [6.45, 7) is 3.43. The number of rotatable bonds is 7. The average Bonchev–Trinajstić information content (AvgIpc) is 3.45. The summed E-state index contributed by atoms with van der Waals surface area (Å²) in [6, 6.07) is 7.60. The van der Waals surface area contributed by atoms with Gasteiger partial charge < -0.3 is 9.72 Å². The minimum atomic E-state index is -3.82. The Labute approximate surface area is 175 Å². The van der Waals surface area contributed by atoms with E-state index in [0.717, 1.165) is 45.3 Å². The monoisotopic (exact) mass is 428 g/mol. The molecule has 0 spiro atoms. The minimum Gasteiger partial charge on any atom is -0.461 e. The molecule has 2 aromatic heterocycles. The molecular weight excluding hydrogens is 404 g/mol. The van der Waals surface area contributed by atoms with Gasteiger partial charge in [-0.2, -0.15) is 4.31 Å². The van der Waals surface area contributed by atoms with E-state index < -0.39 is 22.0 Å². The molecule has 9 heteroatoms. The van der Waals surface area contributed by atoms with Gasteiger partial charge in [-0.3, -0.25) is 9.78 Å². The number of nitrogens with one attached hydrogen (secondary N) is 1. The van der Waals surface area contributed by atoms with Gasteiger partial charge in [-0.25, -0.2) is 13.4 Å². The zero-order chi connectivity index (χ0) is 21.5. The number of H-pyrrole nitrogens is 1. The summed E-state index contributed by atoms with van der Waals surface area (Å²) < 4.78 is 32.1. The number of ether oxygens (including phenoxy) is 1. The number of likely N-dealkylation sites (N-methyl/N-ethyl adjacent to an activating group) is 1. The molecule has 0 bridgehead atoms. The van der Waals surface area contributed by atoms with Crippen molar-refractivity contribution in [3.05, 3.63) is 53.6 Å². The van der Waals surface area contributed by atoms with Crippen molar-refractivity contribution >= 4 is 27.0 Å². The van der Waals surface area contributed by atoms with Crippen molar-refractivity contribution in [1.82, 2.24) is 19.3 Å². The molecular formula is C21H24N4O4S. The molecule has 4 rings (SSSR count). The van der Waals surface area contributed by atoms with Crippen LogP contribution in [0.25, 0.3) is 11.0 Å². The van der Waals surface area contributed by atoms with Crippen LogP contribution in [0, 0.1) is 6.92 Å². The SMILES string of the molecule is Cc1nc2c(Cc3ccc(S(=O)(=O)N(C)[C@@H](C)C(=O)OC4CC4)cc3)nccc2[nH]1. The summed E-state index contributed by atoms with van der Waals surface area (Å²) in [4.78, 5) is 24.4. The molecule has 0 radical (unpaired) electrons. The molecule has 158 valence electrons. The molecule has 8 nitrogen and oxygen atoms in total. The quantitative estimate of drug-likeness (QED) is 0.580. The van der Waals surface area contributed by atoms with Gasteiger partial charge in [-0.15, -0.1) is 0 Å². The maximum absolute atomic E-state index is 12.9. The molecule has 0 saturated heterocycles. The Hall–Kier alpha value is -2.78. The van der Waals surface area contributed by atoms with E-state index in [1.54, 1.807) is 30.5 Å². The molecule has 30 heavy (non-hydrogen) atoms. The summed E-state index contributed by atoms with van der Waals surface area (Å²) >= 11 is 0. The van der Waals surface area contributed by atoms with Gasteiger partial charge in [0.1, 0.15) is 23.5 Å². The Morgan fingerprint density at radius 3 is 2.63 bits per heavy atom. The van der Waals surface area contributed by atoms with Gasteiger partial charge in [0.25, 0.3) is 0 Å². The second-order valence-corrected chi connectivity index (χ2v) is 9.63. The summed E-state index contributed by atoms with van der Waals surface area (Å²) in [5, 5.41) is 0. The third kappa shape index (κ3) is 4.08. The van der Waals surface area contributed by atoms with Gasteiger partial charge in [0.05, 0.1) is 16.1 Å².